The van der Waals surface area contributed by atoms with Crippen molar-refractivity contribution in [2.75, 3.05) is 0 Å². The van der Waals surface area contributed by atoms with Crippen molar-refractivity contribution < 1.29 is 0 Å². The largest absolute Gasteiger partial charge is 0.336 e. The first-order valence-electron chi connectivity index (χ1n) is 6.12. The van der Waals surface area contributed by atoms with E-state index in [1.54, 1.807) is 0 Å². The fourth-order valence-corrected chi connectivity index (χ4v) is 2.23. The van der Waals surface area contributed by atoms with Crippen LogP contribution in [0.4, 0.5) is 0 Å². The van der Waals surface area contributed by atoms with Gasteiger partial charge in [-0.15, -0.1) is 6.42 Å². The molecule has 0 bridgehead atoms. The molecule has 1 heterocycles. The highest BCUT2D eigenvalue weighted by Gasteiger charge is 2.20. The number of fused-ring (bicyclic) bond motifs is 1. The molecule has 3 rings (SSSR count). The summed E-state index contributed by atoms with van der Waals surface area (Å²) < 4.78 is 2.15. The summed E-state index contributed by atoms with van der Waals surface area (Å²) in [5.41, 5.74) is 2.58. The van der Waals surface area contributed by atoms with Crippen molar-refractivity contribution in [3.8, 4) is 12.3 Å². The zero-order valence-corrected chi connectivity index (χ0v) is 9.82. The standard InChI is InChI=1S/C15H16N2/c1-2-9-17-11-12(10-16-13-7-8-13)14-5-3-4-6-15(14)17/h1,3-6,11,13,16H,7-10H2. The number of nitrogens with one attached hydrogen (secondary N) is 1. The van der Waals surface area contributed by atoms with Gasteiger partial charge in [-0.05, 0) is 24.5 Å². The normalized spacial score (nSPS) is 15.0. The minimum atomic E-state index is 0.643. The smallest absolute Gasteiger partial charge is 0.0835 e. The van der Waals surface area contributed by atoms with Crippen LogP contribution in [0, 0.1) is 12.3 Å². The summed E-state index contributed by atoms with van der Waals surface area (Å²) in [4.78, 5) is 0. The van der Waals surface area contributed by atoms with Gasteiger partial charge in [0.15, 0.2) is 0 Å². The van der Waals surface area contributed by atoms with Crippen LogP contribution in [0.1, 0.15) is 18.4 Å². The molecule has 0 amide bonds. The highest BCUT2D eigenvalue weighted by Crippen LogP contribution is 2.23. The molecule has 0 unspecified atom stereocenters. The zero-order chi connectivity index (χ0) is 11.7. The van der Waals surface area contributed by atoms with E-state index in [2.05, 4.69) is 46.3 Å². The van der Waals surface area contributed by atoms with Gasteiger partial charge in [0.2, 0.25) is 0 Å². The fourth-order valence-electron chi connectivity index (χ4n) is 2.23. The van der Waals surface area contributed by atoms with E-state index >= 15 is 0 Å². The SMILES string of the molecule is C#CCn1cc(CNC2CC2)c2ccccc21. The van der Waals surface area contributed by atoms with Crippen molar-refractivity contribution in [3.63, 3.8) is 0 Å². The van der Waals surface area contributed by atoms with Gasteiger partial charge in [-0.1, -0.05) is 24.1 Å². The lowest BCUT2D eigenvalue weighted by atomic mass is 10.2. The van der Waals surface area contributed by atoms with Gasteiger partial charge in [-0.2, -0.15) is 0 Å². The molecule has 1 aromatic carbocycles. The van der Waals surface area contributed by atoms with Gasteiger partial charge in [0.25, 0.3) is 0 Å². The third-order valence-corrected chi connectivity index (χ3v) is 3.29. The second-order valence-electron chi connectivity index (χ2n) is 4.66. The molecule has 1 saturated carbocycles. The maximum Gasteiger partial charge on any atom is 0.0835 e. The van der Waals surface area contributed by atoms with Crippen LogP contribution >= 0.6 is 0 Å². The monoisotopic (exact) mass is 224 g/mol. The first-order chi connectivity index (χ1) is 8.38. The van der Waals surface area contributed by atoms with Gasteiger partial charge in [0, 0.05) is 29.7 Å². The Morgan fingerprint density at radius 3 is 2.94 bits per heavy atom. The van der Waals surface area contributed by atoms with Crippen LogP contribution in [0.2, 0.25) is 0 Å². The van der Waals surface area contributed by atoms with Gasteiger partial charge in [-0.3, -0.25) is 0 Å². The number of terminal acetylenes is 1. The number of nitrogens with zero attached hydrogens (tertiary/aromatic N) is 1. The Hall–Kier alpha value is -1.72. The minimum absolute atomic E-state index is 0.643. The second kappa shape index (κ2) is 4.27. The molecule has 0 radical (unpaired) electrons. The van der Waals surface area contributed by atoms with Crippen molar-refractivity contribution in [2.24, 2.45) is 0 Å². The van der Waals surface area contributed by atoms with Gasteiger partial charge < -0.3 is 9.88 Å². The van der Waals surface area contributed by atoms with E-state index in [-0.39, 0.29) is 0 Å². The lowest BCUT2D eigenvalue weighted by Gasteiger charge is -2.00. The lowest BCUT2D eigenvalue weighted by Crippen LogP contribution is -2.14. The average Bonchev–Trinajstić information content (AvgIpc) is 3.12. The van der Waals surface area contributed by atoms with E-state index in [0.29, 0.717) is 6.54 Å². The molecule has 0 atom stereocenters. The number of para-hydroxylation sites is 1. The van der Waals surface area contributed by atoms with E-state index in [1.807, 2.05) is 0 Å². The number of hydrogen-bond donors (Lipinski definition) is 1. The van der Waals surface area contributed by atoms with Crippen LogP contribution < -0.4 is 5.32 Å². The van der Waals surface area contributed by atoms with Crippen LogP contribution in [-0.2, 0) is 13.1 Å². The van der Waals surface area contributed by atoms with Crippen molar-refractivity contribution in [1.29, 1.82) is 0 Å². The molecule has 2 aromatic rings. The Morgan fingerprint density at radius 1 is 1.35 bits per heavy atom. The molecule has 1 aliphatic rings. The maximum absolute atomic E-state index is 5.41. The summed E-state index contributed by atoms with van der Waals surface area (Å²) in [6.07, 6.45) is 10.2. The van der Waals surface area contributed by atoms with Gasteiger partial charge in [0.1, 0.15) is 0 Å². The Bertz CT molecular complexity index is 570. The summed E-state index contributed by atoms with van der Waals surface area (Å²) in [5.74, 6) is 2.71. The summed E-state index contributed by atoms with van der Waals surface area (Å²) in [6, 6.07) is 9.20. The van der Waals surface area contributed by atoms with E-state index in [4.69, 9.17) is 6.42 Å². The molecule has 0 aliphatic heterocycles. The Morgan fingerprint density at radius 2 is 2.18 bits per heavy atom. The molecule has 1 aromatic heterocycles. The highest BCUT2D eigenvalue weighted by atomic mass is 15.0. The van der Waals surface area contributed by atoms with Crippen molar-refractivity contribution in [3.05, 3.63) is 36.0 Å². The van der Waals surface area contributed by atoms with E-state index in [9.17, 15) is 0 Å². The van der Waals surface area contributed by atoms with Crippen LogP contribution in [0.25, 0.3) is 10.9 Å². The third-order valence-electron chi connectivity index (χ3n) is 3.29. The topological polar surface area (TPSA) is 17.0 Å². The van der Waals surface area contributed by atoms with Crippen molar-refractivity contribution in [1.82, 2.24) is 9.88 Å². The van der Waals surface area contributed by atoms with Gasteiger partial charge in [0.05, 0.1) is 6.54 Å². The summed E-state index contributed by atoms with van der Waals surface area (Å²) in [6.45, 7) is 1.59. The quantitative estimate of drug-likeness (QED) is 0.790. The Kier molecular flexibility index (Phi) is 2.62. The Balaban J connectivity index is 1.95. The molecular formula is C15H16N2. The zero-order valence-electron chi connectivity index (χ0n) is 9.82. The molecular weight excluding hydrogens is 208 g/mol. The summed E-state index contributed by atoms with van der Waals surface area (Å²) in [7, 11) is 0. The lowest BCUT2D eigenvalue weighted by molar-refractivity contribution is 0.688. The van der Waals surface area contributed by atoms with Crippen LogP contribution in [0.5, 0.6) is 0 Å². The molecule has 0 spiro atoms. The molecule has 0 saturated heterocycles. The first-order valence-corrected chi connectivity index (χ1v) is 6.12. The van der Waals surface area contributed by atoms with Gasteiger partial charge >= 0.3 is 0 Å². The highest BCUT2D eigenvalue weighted by molar-refractivity contribution is 5.84. The molecule has 2 heteroatoms. The summed E-state index contributed by atoms with van der Waals surface area (Å²) in [5, 5.41) is 4.87. The van der Waals surface area contributed by atoms with Gasteiger partial charge in [-0.25, -0.2) is 0 Å². The molecule has 1 N–H and O–H groups in total. The Labute approximate surface area is 102 Å². The van der Waals surface area contributed by atoms with Crippen molar-refractivity contribution in [2.45, 2.75) is 32.0 Å². The van der Waals surface area contributed by atoms with Crippen LogP contribution in [-0.4, -0.2) is 10.6 Å². The predicted molar refractivity (Wildman–Crippen MR) is 70.6 cm³/mol. The van der Waals surface area contributed by atoms with E-state index < -0.39 is 0 Å². The van der Waals surface area contributed by atoms with E-state index in [1.165, 1.54) is 29.3 Å². The van der Waals surface area contributed by atoms with Crippen LogP contribution in [0.15, 0.2) is 30.5 Å². The molecule has 86 valence electrons. The minimum Gasteiger partial charge on any atom is -0.336 e. The summed E-state index contributed by atoms with van der Waals surface area (Å²) >= 11 is 0. The molecule has 2 nitrogen and oxygen atoms in total. The average molecular weight is 224 g/mol. The van der Waals surface area contributed by atoms with Crippen LogP contribution in [0.3, 0.4) is 0 Å². The third kappa shape index (κ3) is 2.07. The van der Waals surface area contributed by atoms with Crippen molar-refractivity contribution >= 4 is 10.9 Å². The number of aromatic nitrogens is 1. The maximum atomic E-state index is 5.41. The molecule has 17 heavy (non-hydrogen) atoms. The number of rotatable bonds is 4. The molecule has 1 aliphatic carbocycles. The fraction of sp³-hybridized carbons (Fsp3) is 0.333. The first kappa shape index (κ1) is 10.4. The van der Waals surface area contributed by atoms with E-state index in [0.717, 1.165) is 12.6 Å². The predicted octanol–water partition coefficient (Wildman–Crippen LogP) is 2.53. The number of benzene rings is 1. The second-order valence-corrected chi connectivity index (χ2v) is 4.66. The molecule has 1 fully saturated rings. The number of hydrogen-bond acceptors (Lipinski definition) is 1.